The summed E-state index contributed by atoms with van der Waals surface area (Å²) < 4.78 is 0. The SMILES string of the molecule is CSc1ccc(NC(=O)N[C@H]2C[C@H]3C(=O)N[C@H](C)C(=O)N3C2)cc1. The van der Waals surface area contributed by atoms with Crippen LogP contribution in [0.15, 0.2) is 29.2 Å². The summed E-state index contributed by atoms with van der Waals surface area (Å²) in [6.45, 7) is 2.03. The van der Waals surface area contributed by atoms with Crippen molar-refractivity contribution in [1.29, 1.82) is 0 Å². The highest BCUT2D eigenvalue weighted by Crippen LogP contribution is 2.23. The Labute approximate surface area is 144 Å². The van der Waals surface area contributed by atoms with Gasteiger partial charge in [-0.1, -0.05) is 0 Å². The number of carbonyl (C=O) groups excluding carboxylic acids is 3. The number of urea groups is 1. The van der Waals surface area contributed by atoms with Crippen LogP contribution in [-0.4, -0.2) is 53.7 Å². The van der Waals surface area contributed by atoms with Crippen LogP contribution in [0.1, 0.15) is 13.3 Å². The largest absolute Gasteiger partial charge is 0.343 e. The van der Waals surface area contributed by atoms with Crippen molar-refractivity contribution in [2.24, 2.45) is 0 Å². The number of benzene rings is 1. The maximum Gasteiger partial charge on any atom is 0.319 e. The van der Waals surface area contributed by atoms with Gasteiger partial charge in [-0.25, -0.2) is 4.79 Å². The van der Waals surface area contributed by atoms with E-state index in [4.69, 9.17) is 0 Å². The third-order valence-corrected chi connectivity index (χ3v) is 5.04. The molecule has 8 heteroatoms. The smallest absolute Gasteiger partial charge is 0.319 e. The van der Waals surface area contributed by atoms with Crippen LogP contribution in [0.25, 0.3) is 0 Å². The summed E-state index contributed by atoms with van der Waals surface area (Å²) in [7, 11) is 0. The third-order valence-electron chi connectivity index (χ3n) is 4.30. The predicted molar refractivity (Wildman–Crippen MR) is 91.9 cm³/mol. The summed E-state index contributed by atoms with van der Waals surface area (Å²) in [6, 6.07) is 5.97. The molecule has 0 spiro atoms. The molecule has 2 aliphatic heterocycles. The van der Waals surface area contributed by atoms with E-state index in [-0.39, 0.29) is 23.9 Å². The molecular weight excluding hydrogens is 328 g/mol. The Kier molecular flexibility index (Phi) is 4.66. The van der Waals surface area contributed by atoms with Crippen LogP contribution >= 0.6 is 11.8 Å². The number of hydrogen-bond donors (Lipinski definition) is 3. The van der Waals surface area contributed by atoms with E-state index in [0.29, 0.717) is 18.7 Å². The van der Waals surface area contributed by atoms with Crippen molar-refractivity contribution >= 4 is 35.3 Å². The Hall–Kier alpha value is -2.22. The van der Waals surface area contributed by atoms with Crippen LogP contribution in [0.4, 0.5) is 10.5 Å². The summed E-state index contributed by atoms with van der Waals surface area (Å²) in [5.74, 6) is -0.253. The number of carbonyl (C=O) groups is 3. The highest BCUT2D eigenvalue weighted by Gasteiger charge is 2.45. The van der Waals surface area contributed by atoms with E-state index in [1.165, 1.54) is 0 Å². The quantitative estimate of drug-likeness (QED) is 0.711. The molecule has 2 saturated heterocycles. The molecule has 3 rings (SSSR count). The second kappa shape index (κ2) is 6.72. The van der Waals surface area contributed by atoms with Crippen LogP contribution in [0.2, 0.25) is 0 Å². The van der Waals surface area contributed by atoms with Crippen LogP contribution in [0.3, 0.4) is 0 Å². The monoisotopic (exact) mass is 348 g/mol. The lowest BCUT2D eigenvalue weighted by Crippen LogP contribution is -2.60. The van der Waals surface area contributed by atoms with Crippen LogP contribution in [0, 0.1) is 0 Å². The highest BCUT2D eigenvalue weighted by atomic mass is 32.2. The number of hydrogen-bond acceptors (Lipinski definition) is 4. The van der Waals surface area contributed by atoms with Gasteiger partial charge in [0.05, 0.1) is 6.04 Å². The molecule has 3 atom stereocenters. The number of nitrogens with one attached hydrogen (secondary N) is 3. The summed E-state index contributed by atoms with van der Waals surface area (Å²) in [6.07, 6.45) is 2.42. The minimum atomic E-state index is -0.503. The van der Waals surface area contributed by atoms with Gasteiger partial charge in [0.1, 0.15) is 12.1 Å². The number of rotatable bonds is 3. The molecule has 2 aliphatic rings. The number of amides is 4. The van der Waals surface area contributed by atoms with E-state index in [2.05, 4.69) is 16.0 Å². The molecule has 2 heterocycles. The molecule has 7 nitrogen and oxygen atoms in total. The van der Waals surface area contributed by atoms with Crippen molar-refractivity contribution < 1.29 is 14.4 Å². The van der Waals surface area contributed by atoms with Crippen molar-refractivity contribution in [3.8, 4) is 0 Å². The zero-order valence-corrected chi connectivity index (χ0v) is 14.4. The molecule has 4 amide bonds. The van der Waals surface area contributed by atoms with Gasteiger partial charge in [-0.2, -0.15) is 0 Å². The van der Waals surface area contributed by atoms with E-state index < -0.39 is 12.1 Å². The van der Waals surface area contributed by atoms with Gasteiger partial charge in [0.15, 0.2) is 0 Å². The molecular formula is C16H20N4O3S. The van der Waals surface area contributed by atoms with Gasteiger partial charge in [-0.15, -0.1) is 11.8 Å². The first kappa shape index (κ1) is 16.6. The molecule has 1 aromatic carbocycles. The fourth-order valence-electron chi connectivity index (χ4n) is 3.08. The number of anilines is 1. The van der Waals surface area contributed by atoms with E-state index >= 15 is 0 Å². The maximum absolute atomic E-state index is 12.1. The summed E-state index contributed by atoms with van der Waals surface area (Å²) in [5.41, 5.74) is 0.698. The topological polar surface area (TPSA) is 90.5 Å². The molecule has 128 valence electrons. The zero-order chi connectivity index (χ0) is 17.3. The summed E-state index contributed by atoms with van der Waals surface area (Å²) in [5, 5.41) is 8.27. The predicted octanol–water partition coefficient (Wildman–Crippen LogP) is 1.02. The van der Waals surface area contributed by atoms with E-state index in [1.54, 1.807) is 23.6 Å². The van der Waals surface area contributed by atoms with Gasteiger partial charge in [0.25, 0.3) is 0 Å². The van der Waals surface area contributed by atoms with Crippen LogP contribution in [-0.2, 0) is 9.59 Å². The minimum Gasteiger partial charge on any atom is -0.343 e. The molecule has 3 N–H and O–H groups in total. The fraction of sp³-hybridized carbons (Fsp3) is 0.438. The van der Waals surface area contributed by atoms with Crippen molar-refractivity contribution in [1.82, 2.24) is 15.5 Å². The average Bonchev–Trinajstić information content (AvgIpc) is 2.98. The molecule has 0 aromatic heterocycles. The Morgan fingerprint density at radius 3 is 2.67 bits per heavy atom. The molecule has 0 aliphatic carbocycles. The molecule has 0 saturated carbocycles. The lowest BCUT2D eigenvalue weighted by Gasteiger charge is -2.32. The van der Waals surface area contributed by atoms with Gasteiger partial charge in [0, 0.05) is 17.1 Å². The number of thioether (sulfide) groups is 1. The van der Waals surface area contributed by atoms with E-state index in [1.807, 2.05) is 30.5 Å². The van der Waals surface area contributed by atoms with Crippen molar-refractivity contribution in [3.05, 3.63) is 24.3 Å². The average molecular weight is 348 g/mol. The van der Waals surface area contributed by atoms with Gasteiger partial charge in [-0.3, -0.25) is 9.59 Å². The van der Waals surface area contributed by atoms with E-state index in [0.717, 1.165) is 4.90 Å². The number of nitrogens with zero attached hydrogens (tertiary/aromatic N) is 1. The molecule has 24 heavy (non-hydrogen) atoms. The first-order chi connectivity index (χ1) is 11.5. The first-order valence-corrected chi connectivity index (χ1v) is 9.03. The second-order valence-corrected chi connectivity index (χ2v) is 6.88. The lowest BCUT2D eigenvalue weighted by atomic mass is 10.1. The number of fused-ring (bicyclic) bond motifs is 1. The Bertz CT molecular complexity index is 664. The van der Waals surface area contributed by atoms with Crippen molar-refractivity contribution in [3.63, 3.8) is 0 Å². The van der Waals surface area contributed by atoms with Gasteiger partial charge in [-0.05, 0) is 43.9 Å². The Morgan fingerprint density at radius 2 is 2.00 bits per heavy atom. The van der Waals surface area contributed by atoms with Crippen molar-refractivity contribution in [2.75, 3.05) is 18.1 Å². The Balaban J connectivity index is 1.57. The number of piperazine rings is 1. The van der Waals surface area contributed by atoms with Gasteiger partial charge >= 0.3 is 6.03 Å². The van der Waals surface area contributed by atoms with Crippen LogP contribution < -0.4 is 16.0 Å². The highest BCUT2D eigenvalue weighted by molar-refractivity contribution is 7.98. The third kappa shape index (κ3) is 3.33. The molecule has 2 fully saturated rings. The molecule has 0 radical (unpaired) electrons. The first-order valence-electron chi connectivity index (χ1n) is 7.80. The zero-order valence-electron chi connectivity index (χ0n) is 13.5. The lowest BCUT2D eigenvalue weighted by molar-refractivity contribution is -0.146. The van der Waals surface area contributed by atoms with Gasteiger partial charge < -0.3 is 20.9 Å². The van der Waals surface area contributed by atoms with Gasteiger partial charge in [0.2, 0.25) is 11.8 Å². The molecule has 0 unspecified atom stereocenters. The summed E-state index contributed by atoms with van der Waals surface area (Å²) >= 11 is 1.63. The fourth-order valence-corrected chi connectivity index (χ4v) is 3.49. The molecule has 0 bridgehead atoms. The molecule has 1 aromatic rings. The maximum atomic E-state index is 12.1. The van der Waals surface area contributed by atoms with Crippen LogP contribution in [0.5, 0.6) is 0 Å². The normalized spacial score (nSPS) is 25.9. The van der Waals surface area contributed by atoms with E-state index in [9.17, 15) is 14.4 Å². The minimum absolute atomic E-state index is 0.100. The second-order valence-electron chi connectivity index (χ2n) is 6.00. The Morgan fingerprint density at radius 1 is 1.29 bits per heavy atom. The summed E-state index contributed by atoms with van der Waals surface area (Å²) in [4.78, 5) is 38.9. The standard InChI is InChI=1S/C16H20N4O3S/c1-9-15(22)20-8-11(7-13(20)14(21)17-9)19-16(23)18-10-3-5-12(24-2)6-4-10/h3-6,9,11,13H,7-8H2,1-2H3,(H,17,21)(H2,18,19,23)/t9-,11+,13+/m1/s1. The van der Waals surface area contributed by atoms with Crippen molar-refractivity contribution in [2.45, 2.75) is 36.4 Å².